The Bertz CT molecular complexity index is 654. The lowest BCUT2D eigenvalue weighted by molar-refractivity contribution is -0.121. The van der Waals surface area contributed by atoms with Crippen LogP contribution >= 0.6 is 24.0 Å². The van der Waals surface area contributed by atoms with Crippen molar-refractivity contribution in [3.8, 4) is 5.75 Å². The molecule has 0 saturated heterocycles. The third-order valence-electron chi connectivity index (χ3n) is 4.02. The van der Waals surface area contributed by atoms with Gasteiger partial charge in [-0.05, 0) is 79.8 Å². The predicted molar refractivity (Wildman–Crippen MR) is 137 cm³/mol. The molecule has 0 aliphatic rings. The number of carbonyl (C=O) groups excluding carboxylic acids is 1. The van der Waals surface area contributed by atoms with Gasteiger partial charge in [0, 0.05) is 30.4 Å². The fourth-order valence-electron chi connectivity index (χ4n) is 2.38. The first-order valence-corrected chi connectivity index (χ1v) is 10.3. The van der Waals surface area contributed by atoms with Crippen molar-refractivity contribution in [3.05, 3.63) is 24.3 Å². The number of aliphatic imine (C=N–C) groups is 1. The molecule has 1 aromatic carbocycles. The summed E-state index contributed by atoms with van der Waals surface area (Å²) in [6.07, 6.45) is 0.131. The second kappa shape index (κ2) is 13.7. The van der Waals surface area contributed by atoms with Crippen molar-refractivity contribution in [1.29, 1.82) is 0 Å². The molecule has 0 fully saturated rings. The molecule has 0 aliphatic carbocycles. The summed E-state index contributed by atoms with van der Waals surface area (Å²) in [6.45, 7) is 15.8. The molecule has 0 bridgehead atoms. The number of carbonyl (C=O) groups is 1. The van der Waals surface area contributed by atoms with E-state index in [9.17, 15) is 4.79 Å². The number of ether oxygens (including phenoxy) is 1. The normalized spacial score (nSPS) is 12.0. The zero-order chi connectivity index (χ0) is 22.0. The van der Waals surface area contributed by atoms with Gasteiger partial charge >= 0.3 is 0 Å². The van der Waals surface area contributed by atoms with Crippen LogP contribution in [0.2, 0.25) is 0 Å². The molecule has 3 N–H and O–H groups in total. The van der Waals surface area contributed by atoms with E-state index in [0.29, 0.717) is 12.0 Å². The molecular formula is C22H40IN5O2. The minimum atomic E-state index is -0.278. The molecule has 7 nitrogen and oxygen atoms in total. The highest BCUT2D eigenvalue weighted by atomic mass is 127. The summed E-state index contributed by atoms with van der Waals surface area (Å²) in [5.74, 6) is 1.28. The molecular weight excluding hydrogens is 493 g/mol. The summed E-state index contributed by atoms with van der Waals surface area (Å²) < 4.78 is 5.68. The van der Waals surface area contributed by atoms with Crippen LogP contribution in [0.5, 0.6) is 5.75 Å². The smallest absolute Gasteiger partial charge is 0.242 e. The molecule has 0 aromatic heterocycles. The molecule has 0 spiro atoms. The lowest BCUT2D eigenvalue weighted by atomic mass is 10.1. The molecule has 30 heavy (non-hydrogen) atoms. The largest absolute Gasteiger partial charge is 0.491 e. The van der Waals surface area contributed by atoms with E-state index >= 15 is 0 Å². The minimum Gasteiger partial charge on any atom is -0.491 e. The Morgan fingerprint density at radius 3 is 2.23 bits per heavy atom. The lowest BCUT2D eigenvalue weighted by Gasteiger charge is -2.22. The summed E-state index contributed by atoms with van der Waals surface area (Å²) in [6, 6.07) is 8.17. The topological polar surface area (TPSA) is 78.0 Å². The Morgan fingerprint density at radius 2 is 1.73 bits per heavy atom. The second-order valence-corrected chi connectivity index (χ2v) is 8.78. The number of hydrogen-bond donors (Lipinski definition) is 3. The molecule has 172 valence electrons. The van der Waals surface area contributed by atoms with E-state index in [1.165, 1.54) is 0 Å². The Balaban J connectivity index is 0.00000841. The third-order valence-corrected chi connectivity index (χ3v) is 4.02. The van der Waals surface area contributed by atoms with Gasteiger partial charge in [0.1, 0.15) is 12.3 Å². The highest BCUT2D eigenvalue weighted by molar-refractivity contribution is 14.0. The minimum absolute atomic E-state index is 0. The Kier molecular flexibility index (Phi) is 13.0. The van der Waals surface area contributed by atoms with Gasteiger partial charge in [0.15, 0.2) is 5.96 Å². The summed E-state index contributed by atoms with van der Waals surface area (Å²) >= 11 is 0. The van der Waals surface area contributed by atoms with Gasteiger partial charge in [-0.2, -0.15) is 0 Å². The maximum atomic E-state index is 12.1. The molecule has 1 rings (SSSR count). The fraction of sp³-hybridized carbons (Fsp3) is 0.636. The maximum Gasteiger partial charge on any atom is 0.242 e. The number of halogens is 1. The van der Waals surface area contributed by atoms with Crippen molar-refractivity contribution < 1.29 is 9.53 Å². The number of nitrogens with zero attached hydrogens (tertiary/aromatic N) is 2. The third kappa shape index (κ3) is 12.9. The van der Waals surface area contributed by atoms with Gasteiger partial charge in [0.25, 0.3) is 0 Å². The first-order chi connectivity index (χ1) is 13.5. The van der Waals surface area contributed by atoms with Crippen LogP contribution in [0.15, 0.2) is 29.3 Å². The highest BCUT2D eigenvalue weighted by Crippen LogP contribution is 2.16. The van der Waals surface area contributed by atoms with Crippen LogP contribution in [-0.4, -0.2) is 61.1 Å². The highest BCUT2D eigenvalue weighted by Gasteiger charge is 2.13. The van der Waals surface area contributed by atoms with Crippen LogP contribution < -0.4 is 20.7 Å². The van der Waals surface area contributed by atoms with Crippen molar-refractivity contribution in [1.82, 2.24) is 15.5 Å². The van der Waals surface area contributed by atoms with Gasteiger partial charge in [0.05, 0.1) is 6.10 Å². The van der Waals surface area contributed by atoms with Gasteiger partial charge in [-0.25, -0.2) is 4.99 Å². The van der Waals surface area contributed by atoms with Crippen LogP contribution in [0.25, 0.3) is 0 Å². The van der Waals surface area contributed by atoms with E-state index in [1.807, 2.05) is 58.9 Å². The van der Waals surface area contributed by atoms with Crippen molar-refractivity contribution in [2.24, 2.45) is 4.99 Å². The Morgan fingerprint density at radius 1 is 1.13 bits per heavy atom. The molecule has 0 heterocycles. The molecule has 0 radical (unpaired) electrons. The molecule has 0 aliphatic heterocycles. The van der Waals surface area contributed by atoms with E-state index in [0.717, 1.165) is 24.5 Å². The Hall–Kier alpha value is -1.55. The second-order valence-electron chi connectivity index (χ2n) is 8.78. The predicted octanol–water partition coefficient (Wildman–Crippen LogP) is 3.70. The van der Waals surface area contributed by atoms with Gasteiger partial charge in [0.2, 0.25) is 5.91 Å². The zero-order valence-electron chi connectivity index (χ0n) is 19.7. The maximum absolute atomic E-state index is 12.1. The fourth-order valence-corrected chi connectivity index (χ4v) is 2.38. The van der Waals surface area contributed by atoms with Crippen molar-refractivity contribution in [3.63, 3.8) is 0 Å². The van der Waals surface area contributed by atoms with E-state index < -0.39 is 0 Å². The van der Waals surface area contributed by atoms with Gasteiger partial charge < -0.3 is 25.6 Å². The first kappa shape index (κ1) is 28.5. The quantitative estimate of drug-likeness (QED) is 0.256. The first-order valence-electron chi connectivity index (χ1n) is 10.3. The van der Waals surface area contributed by atoms with E-state index in [-0.39, 0.29) is 48.1 Å². The number of nitrogens with one attached hydrogen (secondary N) is 3. The van der Waals surface area contributed by atoms with E-state index in [2.05, 4.69) is 46.7 Å². The molecule has 8 heteroatoms. The number of hydrogen-bond acceptors (Lipinski definition) is 4. The van der Waals surface area contributed by atoms with E-state index in [1.54, 1.807) is 0 Å². The van der Waals surface area contributed by atoms with Crippen molar-refractivity contribution in [2.45, 2.75) is 66.2 Å². The van der Waals surface area contributed by atoms with Crippen LogP contribution in [-0.2, 0) is 4.79 Å². The SMILES string of the molecule is CC(C)Oc1ccc(NC(=NCC(=O)NC(C)(C)C)NCCN(C)C(C)C)cc1.I. The summed E-state index contributed by atoms with van der Waals surface area (Å²) in [5, 5.41) is 9.50. The van der Waals surface area contributed by atoms with Crippen LogP contribution in [0.3, 0.4) is 0 Å². The number of likely N-dealkylation sites (N-methyl/N-ethyl adjacent to an activating group) is 1. The molecule has 0 atom stereocenters. The Labute approximate surface area is 199 Å². The van der Waals surface area contributed by atoms with Gasteiger partial charge in [-0.3, -0.25) is 4.79 Å². The number of benzene rings is 1. The van der Waals surface area contributed by atoms with Gasteiger partial charge in [-0.15, -0.1) is 24.0 Å². The van der Waals surface area contributed by atoms with E-state index in [4.69, 9.17) is 4.74 Å². The average molecular weight is 533 g/mol. The number of rotatable bonds is 9. The van der Waals surface area contributed by atoms with Crippen LogP contribution in [0, 0.1) is 0 Å². The van der Waals surface area contributed by atoms with Crippen molar-refractivity contribution in [2.75, 3.05) is 32.0 Å². The van der Waals surface area contributed by atoms with Gasteiger partial charge in [-0.1, -0.05) is 0 Å². The standard InChI is InChI=1S/C22H39N5O2.HI/c1-16(2)27(8)14-13-23-21(24-15-20(28)26-22(5,6)7)25-18-9-11-19(12-10-18)29-17(3)4;/h9-12,16-17H,13-15H2,1-8H3,(H,26,28)(H2,23,24,25);1H. The monoisotopic (exact) mass is 533 g/mol. The summed E-state index contributed by atoms with van der Waals surface area (Å²) in [4.78, 5) is 18.8. The van der Waals surface area contributed by atoms with Crippen LogP contribution in [0.1, 0.15) is 48.5 Å². The molecule has 1 amide bonds. The lowest BCUT2D eigenvalue weighted by Crippen LogP contribution is -2.43. The summed E-state index contributed by atoms with van der Waals surface area (Å²) in [5.41, 5.74) is 0.598. The van der Waals surface area contributed by atoms with Crippen LogP contribution in [0.4, 0.5) is 5.69 Å². The summed E-state index contributed by atoms with van der Waals surface area (Å²) in [7, 11) is 2.08. The molecule has 0 unspecified atom stereocenters. The average Bonchev–Trinajstić information content (AvgIpc) is 2.59. The zero-order valence-corrected chi connectivity index (χ0v) is 22.0. The van der Waals surface area contributed by atoms with Crippen molar-refractivity contribution >= 4 is 41.5 Å². The number of guanidine groups is 1. The number of anilines is 1. The molecule has 0 saturated carbocycles. The molecule has 1 aromatic rings. The number of amides is 1.